The van der Waals surface area contributed by atoms with Gasteiger partial charge in [-0.15, -0.1) is 22.7 Å². The summed E-state index contributed by atoms with van der Waals surface area (Å²) >= 11 is 7.58. The second-order valence-corrected chi connectivity index (χ2v) is 22.3. The summed E-state index contributed by atoms with van der Waals surface area (Å²) in [6, 6.07) is 103. The summed E-state index contributed by atoms with van der Waals surface area (Å²) in [6.07, 6.45) is 0. The third-order valence-electron chi connectivity index (χ3n) is 14.6. The van der Waals surface area contributed by atoms with E-state index < -0.39 is 0 Å². The first-order chi connectivity index (χ1) is 39.2. The third kappa shape index (κ3) is 8.79. The van der Waals surface area contributed by atoms with Crippen LogP contribution in [0.5, 0.6) is 0 Å². The maximum Gasteiger partial charge on any atom is 0.0648 e. The van der Waals surface area contributed by atoms with Crippen molar-refractivity contribution < 1.29 is 0 Å². The zero-order valence-corrected chi connectivity index (χ0v) is 46.0. The second kappa shape index (κ2) is 20.9. The minimum Gasteiger partial charge on any atom is -0.356 e. The molecule has 0 aliphatic carbocycles. The van der Waals surface area contributed by atoms with Crippen LogP contribution in [-0.2, 0) is 0 Å². The highest BCUT2D eigenvalue weighted by atomic mass is 79.9. The minimum absolute atomic E-state index is 1.12. The SMILES string of the molecule is Brc1cc2c3ccccc3n(-c3ccccc3)c2c2c1sc1ccccc12.c1ccc(N(c2ccccc2)c2cc3c4ccccc4n(-c4ccccc4)c3c3c2sc2ccccc23)cc1.c1ccc(Nc2ccccc2)cc1. The van der Waals surface area contributed by atoms with Crippen molar-refractivity contribution in [1.29, 1.82) is 0 Å². The lowest BCUT2D eigenvalue weighted by molar-refractivity contribution is 1.19. The zero-order valence-electron chi connectivity index (χ0n) is 42.7. The normalized spacial score (nSPS) is 11.4. The van der Waals surface area contributed by atoms with E-state index in [1.807, 2.05) is 83.3 Å². The molecule has 0 saturated heterocycles. The predicted octanol–water partition coefficient (Wildman–Crippen LogP) is 22.0. The van der Waals surface area contributed by atoms with Gasteiger partial charge in [0.1, 0.15) is 0 Å². The first kappa shape index (κ1) is 48.2. The standard InChI is InChI=1S/C36H24N2S.C24H14BrNS.C12H11N/c1-4-14-25(15-5-1)37(26-16-6-2-7-17-26)32-24-30-28-20-10-12-22-31(28)38(27-18-8-3-9-19-27)35(30)34-29-21-11-13-23-33(29)39-36(32)34;25-19-14-18-16-10-4-6-12-20(16)26(15-8-2-1-3-9-15)23(18)22-17-11-5-7-13-21(17)27-24(19)22;1-3-7-11(8-4-1)13-12-9-5-2-6-10-12/h1-24H;1-14H;1-10,13H. The van der Waals surface area contributed by atoms with Crippen LogP contribution in [0.2, 0.25) is 0 Å². The van der Waals surface area contributed by atoms with Crippen LogP contribution in [0.4, 0.5) is 28.4 Å². The van der Waals surface area contributed by atoms with Crippen molar-refractivity contribution >= 4 is 151 Å². The molecule has 0 fully saturated rings. The lowest BCUT2D eigenvalue weighted by Gasteiger charge is -2.26. The van der Waals surface area contributed by atoms with Crippen LogP contribution in [0.15, 0.2) is 296 Å². The van der Waals surface area contributed by atoms with Gasteiger partial charge in [-0.25, -0.2) is 0 Å². The fourth-order valence-electron chi connectivity index (χ4n) is 11.3. The summed E-state index contributed by atoms with van der Waals surface area (Å²) in [5.41, 5.74) is 13.1. The Balaban J connectivity index is 0.000000121. The number of aromatic nitrogens is 2. The second-order valence-electron chi connectivity index (χ2n) is 19.4. The van der Waals surface area contributed by atoms with E-state index in [1.54, 1.807) is 0 Å². The molecular formula is C72H49BrN4S2. The summed E-state index contributed by atoms with van der Waals surface area (Å²) in [4.78, 5) is 2.41. The summed E-state index contributed by atoms with van der Waals surface area (Å²) in [5.74, 6) is 0. The Kier molecular flexibility index (Phi) is 12.8. The highest BCUT2D eigenvalue weighted by Crippen LogP contribution is 2.51. The smallest absolute Gasteiger partial charge is 0.0648 e. The Bertz CT molecular complexity index is 4730. The Hall–Kier alpha value is -9.24. The van der Waals surface area contributed by atoms with E-state index in [1.165, 1.54) is 105 Å². The predicted molar refractivity (Wildman–Crippen MR) is 346 cm³/mol. The van der Waals surface area contributed by atoms with E-state index in [4.69, 9.17) is 0 Å². The monoisotopic (exact) mass is 1110 g/mol. The van der Waals surface area contributed by atoms with Crippen molar-refractivity contribution in [2.24, 2.45) is 0 Å². The molecule has 0 amide bonds. The summed E-state index contributed by atoms with van der Waals surface area (Å²) < 4.78 is 11.3. The Labute approximate surface area is 474 Å². The molecule has 0 bridgehead atoms. The van der Waals surface area contributed by atoms with E-state index in [9.17, 15) is 0 Å². The molecule has 4 aromatic heterocycles. The topological polar surface area (TPSA) is 25.1 Å². The average Bonchev–Trinajstić information content (AvgIpc) is 4.12. The number of thiophene rings is 2. The first-order valence-electron chi connectivity index (χ1n) is 26.4. The fourth-order valence-corrected chi connectivity index (χ4v) is 14.3. The lowest BCUT2D eigenvalue weighted by Crippen LogP contribution is -2.10. The van der Waals surface area contributed by atoms with Crippen molar-refractivity contribution in [3.63, 3.8) is 0 Å². The highest BCUT2D eigenvalue weighted by molar-refractivity contribution is 9.10. The molecule has 7 heteroatoms. The molecule has 79 heavy (non-hydrogen) atoms. The van der Waals surface area contributed by atoms with Crippen LogP contribution in [0.1, 0.15) is 0 Å². The number of hydrogen-bond acceptors (Lipinski definition) is 4. The molecule has 1 N–H and O–H groups in total. The van der Waals surface area contributed by atoms with E-state index in [-0.39, 0.29) is 0 Å². The number of hydrogen-bond donors (Lipinski definition) is 1. The lowest BCUT2D eigenvalue weighted by atomic mass is 10.0. The van der Waals surface area contributed by atoms with Crippen LogP contribution >= 0.6 is 38.6 Å². The van der Waals surface area contributed by atoms with Gasteiger partial charge in [0.25, 0.3) is 0 Å². The van der Waals surface area contributed by atoms with E-state index >= 15 is 0 Å². The van der Waals surface area contributed by atoms with Crippen molar-refractivity contribution in [2.45, 2.75) is 0 Å². The number of nitrogens with one attached hydrogen (secondary N) is 1. The maximum atomic E-state index is 3.85. The van der Waals surface area contributed by atoms with Crippen LogP contribution in [-0.4, -0.2) is 9.13 Å². The fraction of sp³-hybridized carbons (Fsp3) is 0. The molecule has 16 aromatic rings. The Morgan fingerprint density at radius 3 is 1.15 bits per heavy atom. The number of rotatable bonds is 7. The average molecular weight is 1110 g/mol. The highest BCUT2D eigenvalue weighted by Gasteiger charge is 2.25. The molecule has 0 radical (unpaired) electrons. The van der Waals surface area contributed by atoms with Gasteiger partial charge >= 0.3 is 0 Å². The van der Waals surface area contributed by atoms with Gasteiger partial charge in [0.15, 0.2) is 0 Å². The first-order valence-corrected chi connectivity index (χ1v) is 28.9. The van der Waals surface area contributed by atoms with Crippen LogP contribution < -0.4 is 10.2 Å². The molecule has 16 rings (SSSR count). The number of anilines is 5. The van der Waals surface area contributed by atoms with E-state index in [2.05, 4.69) is 266 Å². The van der Waals surface area contributed by atoms with Crippen LogP contribution in [0.3, 0.4) is 0 Å². The van der Waals surface area contributed by atoms with Crippen molar-refractivity contribution in [2.75, 3.05) is 10.2 Å². The van der Waals surface area contributed by atoms with Gasteiger partial charge < -0.3 is 19.4 Å². The molecule has 0 saturated carbocycles. The zero-order chi connectivity index (χ0) is 52.7. The molecule has 0 spiro atoms. The summed E-state index contributed by atoms with van der Waals surface area (Å²) in [7, 11) is 0. The van der Waals surface area contributed by atoms with Gasteiger partial charge in [-0.3, -0.25) is 0 Å². The van der Waals surface area contributed by atoms with Gasteiger partial charge in [-0.2, -0.15) is 0 Å². The molecule has 0 unspecified atom stereocenters. The van der Waals surface area contributed by atoms with Gasteiger partial charge in [0.05, 0.1) is 37.2 Å². The van der Waals surface area contributed by atoms with Gasteiger partial charge in [0, 0.05) is 91.1 Å². The number of nitrogens with zero attached hydrogens (tertiary/aromatic N) is 3. The maximum absolute atomic E-state index is 3.85. The Morgan fingerprint density at radius 1 is 0.329 bits per heavy atom. The van der Waals surface area contributed by atoms with Gasteiger partial charge in [0.2, 0.25) is 0 Å². The molecule has 0 aliphatic rings. The quantitative estimate of drug-likeness (QED) is 0.172. The van der Waals surface area contributed by atoms with Crippen molar-refractivity contribution in [3.05, 3.63) is 296 Å². The number of halogens is 1. The molecule has 12 aromatic carbocycles. The third-order valence-corrected chi connectivity index (χ3v) is 17.9. The van der Waals surface area contributed by atoms with Gasteiger partial charge in [-0.1, -0.05) is 182 Å². The van der Waals surface area contributed by atoms with Crippen molar-refractivity contribution in [1.82, 2.24) is 9.13 Å². The number of benzene rings is 12. The largest absolute Gasteiger partial charge is 0.356 e. The molecule has 4 nitrogen and oxygen atoms in total. The molecule has 4 heterocycles. The number of para-hydroxylation sites is 8. The van der Waals surface area contributed by atoms with Crippen molar-refractivity contribution in [3.8, 4) is 11.4 Å². The van der Waals surface area contributed by atoms with Crippen LogP contribution in [0.25, 0.3) is 95.3 Å². The van der Waals surface area contributed by atoms with Gasteiger partial charge in [-0.05, 0) is 125 Å². The summed E-state index contributed by atoms with van der Waals surface area (Å²) in [6.45, 7) is 0. The van der Waals surface area contributed by atoms with E-state index in [0.717, 1.165) is 22.7 Å². The molecule has 376 valence electrons. The van der Waals surface area contributed by atoms with Crippen LogP contribution in [0, 0.1) is 0 Å². The molecular weight excluding hydrogens is 1060 g/mol. The minimum atomic E-state index is 1.12. The molecule has 0 aliphatic heterocycles. The Morgan fingerprint density at radius 2 is 0.684 bits per heavy atom. The van der Waals surface area contributed by atoms with E-state index in [0.29, 0.717) is 0 Å². The summed E-state index contributed by atoms with van der Waals surface area (Å²) in [5, 5.41) is 13.7. The molecule has 0 atom stereocenters. The number of fused-ring (bicyclic) bond motifs is 14.